The van der Waals surface area contributed by atoms with Crippen LogP contribution in [0, 0.1) is 0 Å². The van der Waals surface area contributed by atoms with E-state index in [4.69, 9.17) is 21.3 Å². The van der Waals surface area contributed by atoms with Crippen LogP contribution in [0.2, 0.25) is 5.02 Å². The van der Waals surface area contributed by atoms with Gasteiger partial charge in [0.1, 0.15) is 0 Å². The van der Waals surface area contributed by atoms with Crippen LogP contribution < -0.4 is 10.2 Å². The van der Waals surface area contributed by atoms with Crippen LogP contribution in [0.1, 0.15) is 28.0 Å². The second-order valence-corrected chi connectivity index (χ2v) is 7.10. The number of carbonyl (C=O) groups is 1. The lowest BCUT2D eigenvalue weighted by atomic mass is 9.92. The van der Waals surface area contributed by atoms with E-state index in [1.165, 1.54) is 0 Å². The smallest absolute Gasteiger partial charge is 0.251 e. The van der Waals surface area contributed by atoms with Gasteiger partial charge in [0.2, 0.25) is 5.95 Å². The zero-order valence-electron chi connectivity index (χ0n) is 14.4. The number of fused-ring (bicyclic) bond motifs is 1. The molecular weight excluding hydrogens is 352 g/mol. The van der Waals surface area contributed by atoms with Crippen molar-refractivity contribution in [1.82, 2.24) is 15.3 Å². The van der Waals surface area contributed by atoms with Gasteiger partial charge in [0, 0.05) is 41.6 Å². The summed E-state index contributed by atoms with van der Waals surface area (Å²) in [5, 5.41) is 3.74. The van der Waals surface area contributed by atoms with Gasteiger partial charge in [-0.15, -0.1) is 0 Å². The Hall–Kier alpha value is -2.18. The van der Waals surface area contributed by atoms with E-state index in [1.54, 1.807) is 24.3 Å². The average Bonchev–Trinajstić information content (AvgIpc) is 2.69. The summed E-state index contributed by atoms with van der Waals surface area (Å²) in [6.07, 6.45) is 4.40. The van der Waals surface area contributed by atoms with Crippen LogP contribution in [0.25, 0.3) is 0 Å². The predicted molar refractivity (Wildman–Crippen MR) is 99.8 cm³/mol. The van der Waals surface area contributed by atoms with Gasteiger partial charge in [-0.05, 0) is 49.1 Å². The number of rotatable bonds is 3. The molecule has 1 fully saturated rings. The summed E-state index contributed by atoms with van der Waals surface area (Å²) < 4.78 is 5.38. The van der Waals surface area contributed by atoms with E-state index in [-0.39, 0.29) is 11.9 Å². The van der Waals surface area contributed by atoms with Crippen LogP contribution in [-0.4, -0.2) is 48.2 Å². The molecule has 2 heterocycles. The molecule has 26 heavy (non-hydrogen) atoms. The van der Waals surface area contributed by atoms with Crippen molar-refractivity contribution >= 4 is 23.5 Å². The van der Waals surface area contributed by atoms with Crippen molar-refractivity contribution < 1.29 is 9.53 Å². The van der Waals surface area contributed by atoms with Crippen LogP contribution in [0.3, 0.4) is 0 Å². The third-order valence-corrected chi connectivity index (χ3v) is 5.12. The third-order valence-electron chi connectivity index (χ3n) is 4.87. The molecule has 1 atom stereocenters. The van der Waals surface area contributed by atoms with E-state index >= 15 is 0 Å². The van der Waals surface area contributed by atoms with Gasteiger partial charge in [0.25, 0.3) is 5.91 Å². The number of nitrogens with zero attached hydrogens (tertiary/aromatic N) is 3. The molecule has 1 N–H and O–H groups in total. The fraction of sp³-hybridized carbons (Fsp3) is 0.421. The van der Waals surface area contributed by atoms with E-state index in [0.29, 0.717) is 10.6 Å². The van der Waals surface area contributed by atoms with Gasteiger partial charge in [-0.1, -0.05) is 11.6 Å². The van der Waals surface area contributed by atoms with E-state index in [1.807, 2.05) is 6.20 Å². The maximum absolute atomic E-state index is 12.4. The van der Waals surface area contributed by atoms with Crippen LogP contribution in [0.15, 0.2) is 30.5 Å². The minimum absolute atomic E-state index is 0.0685. The van der Waals surface area contributed by atoms with E-state index < -0.39 is 0 Å². The summed E-state index contributed by atoms with van der Waals surface area (Å²) in [7, 11) is 0. The van der Waals surface area contributed by atoms with Gasteiger partial charge in [-0.25, -0.2) is 9.97 Å². The number of aromatic nitrogens is 2. The lowest BCUT2D eigenvalue weighted by molar-refractivity contribution is 0.0933. The van der Waals surface area contributed by atoms with Crippen LogP contribution in [0.4, 0.5) is 5.95 Å². The summed E-state index contributed by atoms with van der Waals surface area (Å²) in [6, 6.07) is 7.04. The number of morpholine rings is 1. The van der Waals surface area contributed by atoms with Crippen molar-refractivity contribution in [3.8, 4) is 0 Å². The van der Waals surface area contributed by atoms with Crippen molar-refractivity contribution in [3.05, 3.63) is 52.3 Å². The molecule has 1 aliphatic carbocycles. The molecule has 2 aromatic rings. The largest absolute Gasteiger partial charge is 0.378 e. The quantitative estimate of drug-likeness (QED) is 0.895. The zero-order chi connectivity index (χ0) is 17.9. The first-order valence-corrected chi connectivity index (χ1v) is 9.31. The number of anilines is 1. The van der Waals surface area contributed by atoms with Crippen molar-refractivity contribution in [2.24, 2.45) is 0 Å². The molecule has 1 amide bonds. The number of benzene rings is 1. The fourth-order valence-electron chi connectivity index (χ4n) is 3.41. The van der Waals surface area contributed by atoms with Gasteiger partial charge in [-0.2, -0.15) is 0 Å². The molecule has 4 rings (SSSR count). The SMILES string of the molecule is O=C(N[C@@H]1CCc2nc(N3CCOCC3)ncc2C1)c1ccc(Cl)cc1. The molecule has 1 aliphatic heterocycles. The molecular formula is C19H21ClN4O2. The number of nitrogens with one attached hydrogen (secondary N) is 1. The molecule has 1 aromatic carbocycles. The topological polar surface area (TPSA) is 67.4 Å². The van der Waals surface area contributed by atoms with Crippen molar-refractivity contribution in [3.63, 3.8) is 0 Å². The van der Waals surface area contributed by atoms with Gasteiger partial charge in [0.05, 0.1) is 13.2 Å². The first-order chi connectivity index (χ1) is 12.7. The highest BCUT2D eigenvalue weighted by atomic mass is 35.5. The van der Waals surface area contributed by atoms with E-state index in [2.05, 4.69) is 15.2 Å². The van der Waals surface area contributed by atoms with Crippen molar-refractivity contribution in [1.29, 1.82) is 0 Å². The highest BCUT2D eigenvalue weighted by molar-refractivity contribution is 6.30. The summed E-state index contributed by atoms with van der Waals surface area (Å²) in [4.78, 5) is 23.8. The Bertz CT molecular complexity index is 791. The fourth-order valence-corrected chi connectivity index (χ4v) is 3.53. The normalized spacial score (nSPS) is 19.7. The monoisotopic (exact) mass is 372 g/mol. The highest BCUT2D eigenvalue weighted by Crippen LogP contribution is 2.22. The lowest BCUT2D eigenvalue weighted by Gasteiger charge is -2.29. The van der Waals surface area contributed by atoms with Crippen LogP contribution in [0.5, 0.6) is 0 Å². The van der Waals surface area contributed by atoms with Crippen LogP contribution in [-0.2, 0) is 17.6 Å². The summed E-state index contributed by atoms with van der Waals surface area (Å²) in [5.41, 5.74) is 2.84. The molecule has 0 bridgehead atoms. The summed E-state index contributed by atoms with van der Waals surface area (Å²) >= 11 is 5.88. The number of amides is 1. The summed E-state index contributed by atoms with van der Waals surface area (Å²) in [5.74, 6) is 0.719. The first-order valence-electron chi connectivity index (χ1n) is 8.93. The molecule has 1 aromatic heterocycles. The number of hydrogen-bond acceptors (Lipinski definition) is 5. The van der Waals surface area contributed by atoms with Gasteiger partial charge in [0.15, 0.2) is 0 Å². The van der Waals surface area contributed by atoms with Gasteiger partial charge >= 0.3 is 0 Å². The number of carbonyl (C=O) groups excluding carboxylic acids is 1. The molecule has 0 spiro atoms. The Kier molecular flexibility index (Phi) is 5.04. The van der Waals surface area contributed by atoms with Crippen molar-refractivity contribution in [2.45, 2.75) is 25.3 Å². The zero-order valence-corrected chi connectivity index (χ0v) is 15.2. The Morgan fingerprint density at radius 3 is 2.77 bits per heavy atom. The van der Waals surface area contributed by atoms with Crippen LogP contribution >= 0.6 is 11.6 Å². The summed E-state index contributed by atoms with van der Waals surface area (Å²) in [6.45, 7) is 3.11. The molecule has 2 aliphatic rings. The lowest BCUT2D eigenvalue weighted by Crippen LogP contribution is -2.40. The van der Waals surface area contributed by atoms with Crippen molar-refractivity contribution in [2.75, 3.05) is 31.2 Å². The molecule has 6 nitrogen and oxygen atoms in total. The number of halogens is 1. The minimum atomic E-state index is -0.0685. The van der Waals surface area contributed by atoms with E-state index in [0.717, 1.165) is 62.8 Å². The van der Waals surface area contributed by atoms with E-state index in [9.17, 15) is 4.79 Å². The molecule has 136 valence electrons. The second-order valence-electron chi connectivity index (χ2n) is 6.66. The molecule has 7 heteroatoms. The van der Waals surface area contributed by atoms with Gasteiger partial charge in [-0.3, -0.25) is 4.79 Å². The molecule has 0 saturated carbocycles. The Morgan fingerprint density at radius 2 is 2.00 bits per heavy atom. The highest BCUT2D eigenvalue weighted by Gasteiger charge is 2.24. The standard InChI is InChI=1S/C19H21ClN4O2/c20-15-3-1-13(2-4-15)18(25)22-16-5-6-17-14(11-16)12-21-19(23-17)24-7-9-26-10-8-24/h1-4,12,16H,5-11H2,(H,22,25)/t16-/m1/s1. The number of hydrogen-bond donors (Lipinski definition) is 1. The average molecular weight is 373 g/mol. The third kappa shape index (κ3) is 3.81. The molecule has 1 saturated heterocycles. The van der Waals surface area contributed by atoms with Gasteiger partial charge < -0.3 is 15.0 Å². The second kappa shape index (κ2) is 7.60. The maximum Gasteiger partial charge on any atom is 0.251 e. The minimum Gasteiger partial charge on any atom is -0.378 e. The Labute approximate surface area is 157 Å². The maximum atomic E-state index is 12.4. The number of ether oxygens (including phenoxy) is 1. The number of aryl methyl sites for hydroxylation is 1. The predicted octanol–water partition coefficient (Wildman–Crippen LogP) is 2.25. The molecule has 0 radical (unpaired) electrons. The Balaban J connectivity index is 1.41. The molecule has 0 unspecified atom stereocenters. The Morgan fingerprint density at radius 1 is 1.23 bits per heavy atom. The first kappa shape index (κ1) is 17.2.